The first kappa shape index (κ1) is 27.6. The molecular weight excluding hydrogens is 104 g/mol. The molecule has 0 saturated heterocycles. The van der Waals surface area contributed by atoms with Crippen LogP contribution in [-0.2, 0) is 0 Å². The predicted molar refractivity (Wildman–Crippen MR) is 6.90 cm³/mol. The van der Waals surface area contributed by atoms with Crippen molar-refractivity contribution in [3.63, 3.8) is 0 Å². The molecule has 5 heavy (non-hydrogen) atoms. The van der Waals surface area contributed by atoms with Gasteiger partial charge in [0.05, 0.1) is 0 Å². The Balaban J connectivity index is -0.00000000167. The minimum absolute atomic E-state index is 0. The van der Waals surface area contributed by atoms with E-state index in [4.69, 9.17) is 11.8 Å². The van der Waals surface area contributed by atoms with E-state index in [1.807, 2.05) is 0 Å². The Kier molecular flexibility index (Phi) is 199. The molecule has 0 fully saturated rings. The summed E-state index contributed by atoms with van der Waals surface area (Å²) in [7, 11) is 0. The van der Waals surface area contributed by atoms with Crippen molar-refractivity contribution in [2.24, 2.45) is 0 Å². The van der Waals surface area contributed by atoms with Crippen LogP contribution in [0.3, 0.4) is 0 Å². The van der Waals surface area contributed by atoms with Crippen LogP contribution in [0.5, 0.6) is 0 Å². The number of rotatable bonds is 0. The molecule has 0 aliphatic rings. The summed E-state index contributed by atoms with van der Waals surface area (Å²) in [6, 6.07) is 0. The molecule has 0 aromatic rings. The van der Waals surface area contributed by atoms with Crippen LogP contribution in [0.25, 0.3) is 0 Å². The fourth-order valence-electron chi connectivity index (χ4n) is 0. The van der Waals surface area contributed by atoms with Crippen molar-refractivity contribution in [2.75, 3.05) is 0 Å². The molecule has 0 aromatic heterocycles. The minimum atomic E-state index is 0. The largest absolute Gasteiger partial charge is 1.00 e. The monoisotopic (exact) mass is 105 g/mol. The van der Waals surface area contributed by atoms with Gasteiger partial charge in [-0.15, -0.1) is 0 Å². The maximum Gasteiger partial charge on any atom is 1.00 e. The molecule has 0 spiro atoms. The van der Waals surface area contributed by atoms with Crippen molar-refractivity contribution in [3.8, 4) is 0 Å². The standard InChI is InChI=1S/CN.K.Na.H2O/c1-2;;;/h;;;1H2/q-1;2*+1;/p-1. The van der Waals surface area contributed by atoms with Crippen LogP contribution in [0.4, 0.5) is 0 Å². The molecule has 0 aliphatic heterocycles. The van der Waals surface area contributed by atoms with E-state index in [1.54, 1.807) is 0 Å². The summed E-state index contributed by atoms with van der Waals surface area (Å²) in [6.45, 7) is 4.75. The summed E-state index contributed by atoms with van der Waals surface area (Å²) in [5.74, 6) is 0. The maximum absolute atomic E-state index is 6.25. The smallest absolute Gasteiger partial charge is 0.870 e. The SMILES string of the molecule is [C-]#N.[K+].[Na+].[OH-]. The molecule has 0 rings (SSSR count). The van der Waals surface area contributed by atoms with Crippen LogP contribution >= 0.6 is 0 Å². The van der Waals surface area contributed by atoms with Gasteiger partial charge in [0.2, 0.25) is 0 Å². The van der Waals surface area contributed by atoms with Gasteiger partial charge in [-0.3, -0.25) is 0 Å². The quantitative estimate of drug-likeness (QED) is 0.227. The van der Waals surface area contributed by atoms with E-state index in [0.29, 0.717) is 0 Å². The van der Waals surface area contributed by atoms with Gasteiger partial charge in [0.1, 0.15) is 0 Å². The summed E-state index contributed by atoms with van der Waals surface area (Å²) in [4.78, 5) is 0. The molecule has 18 valence electrons. The van der Waals surface area contributed by atoms with E-state index in [9.17, 15) is 0 Å². The molecule has 0 amide bonds. The summed E-state index contributed by atoms with van der Waals surface area (Å²) >= 11 is 0. The van der Waals surface area contributed by atoms with Gasteiger partial charge in [-0.25, -0.2) is 0 Å². The average molecular weight is 105 g/mol. The van der Waals surface area contributed by atoms with Gasteiger partial charge in [0.25, 0.3) is 0 Å². The summed E-state index contributed by atoms with van der Waals surface area (Å²) in [5.41, 5.74) is 0. The molecule has 1 N–H and O–H groups in total. The van der Waals surface area contributed by atoms with E-state index in [2.05, 4.69) is 0 Å². The van der Waals surface area contributed by atoms with Crippen LogP contribution in [0.15, 0.2) is 0 Å². The minimum Gasteiger partial charge on any atom is -0.870 e. The van der Waals surface area contributed by atoms with Crippen molar-refractivity contribution in [2.45, 2.75) is 0 Å². The van der Waals surface area contributed by atoms with E-state index in [1.165, 1.54) is 0 Å². The zero-order valence-corrected chi connectivity index (χ0v) is 8.52. The number of nitrogens with zero attached hydrogens (tertiary/aromatic N) is 1. The summed E-state index contributed by atoms with van der Waals surface area (Å²) in [5, 5.41) is 6.25. The fourth-order valence-corrected chi connectivity index (χ4v) is 0. The molecule has 0 aromatic carbocycles. The molecule has 0 aliphatic carbocycles. The average Bonchev–Trinajstić information content (AvgIpc) is 1.00. The van der Waals surface area contributed by atoms with Crippen molar-refractivity contribution < 1.29 is 86.4 Å². The molecular formula is CHKNNaO. The summed E-state index contributed by atoms with van der Waals surface area (Å²) < 4.78 is 0. The Morgan fingerprint density at radius 2 is 1.20 bits per heavy atom. The molecule has 0 atom stereocenters. The van der Waals surface area contributed by atoms with Crippen molar-refractivity contribution in [1.82, 2.24) is 0 Å². The Bertz CT molecular complexity index is 16.4. The first-order valence-corrected chi connectivity index (χ1v) is 0.224. The van der Waals surface area contributed by atoms with Gasteiger partial charge in [-0.1, -0.05) is 0 Å². The Morgan fingerprint density at radius 3 is 1.20 bits per heavy atom. The third-order valence-electron chi connectivity index (χ3n) is 0. The molecule has 4 heteroatoms. The summed E-state index contributed by atoms with van der Waals surface area (Å²) in [6.07, 6.45) is 0. The van der Waals surface area contributed by atoms with E-state index in [0.717, 1.165) is 0 Å². The first-order valence-electron chi connectivity index (χ1n) is 0.224. The molecule has 0 unspecified atom stereocenters. The van der Waals surface area contributed by atoms with Crippen LogP contribution in [0, 0.1) is 11.8 Å². The second-order valence-corrected chi connectivity index (χ2v) is 0. The van der Waals surface area contributed by atoms with Crippen molar-refractivity contribution in [1.29, 1.82) is 5.26 Å². The van der Waals surface area contributed by atoms with Crippen molar-refractivity contribution >= 4 is 0 Å². The van der Waals surface area contributed by atoms with E-state index in [-0.39, 0.29) is 86.4 Å². The Labute approximate surface area is 95.9 Å². The Hall–Kier alpha value is 2.09. The van der Waals surface area contributed by atoms with Gasteiger partial charge in [-0.2, -0.15) is 0 Å². The zero-order valence-electron chi connectivity index (χ0n) is 3.39. The molecule has 0 radical (unpaired) electrons. The number of hydrogen-bond donors (Lipinski definition) is 0. The van der Waals surface area contributed by atoms with Gasteiger partial charge >= 0.3 is 80.9 Å². The third-order valence-corrected chi connectivity index (χ3v) is 0. The fraction of sp³-hybridized carbons (Fsp3) is 0. The van der Waals surface area contributed by atoms with Gasteiger partial charge in [-0.05, 0) is 0 Å². The molecule has 0 saturated carbocycles. The second-order valence-electron chi connectivity index (χ2n) is 0. The van der Waals surface area contributed by atoms with Crippen LogP contribution in [0.1, 0.15) is 0 Å². The van der Waals surface area contributed by atoms with E-state index < -0.39 is 0 Å². The Morgan fingerprint density at radius 1 is 1.20 bits per heavy atom. The topological polar surface area (TPSA) is 53.8 Å². The van der Waals surface area contributed by atoms with Gasteiger partial charge in [0, 0.05) is 0 Å². The molecule has 2 nitrogen and oxygen atoms in total. The predicted octanol–water partition coefficient (Wildman–Crippen LogP) is -6.07. The third kappa shape index (κ3) is 23.3. The van der Waals surface area contributed by atoms with E-state index >= 15 is 0 Å². The second kappa shape index (κ2) is 36.2. The normalized spacial score (nSPS) is 0.400. The van der Waals surface area contributed by atoms with Gasteiger partial charge < -0.3 is 17.3 Å². The van der Waals surface area contributed by atoms with Crippen LogP contribution < -0.4 is 80.9 Å². The first-order chi connectivity index (χ1) is 1.00. The van der Waals surface area contributed by atoms with Gasteiger partial charge in [0.15, 0.2) is 0 Å². The molecule has 0 heterocycles. The van der Waals surface area contributed by atoms with Crippen molar-refractivity contribution in [3.05, 3.63) is 6.57 Å². The molecule has 0 bridgehead atoms. The van der Waals surface area contributed by atoms with Crippen LogP contribution in [0.2, 0.25) is 0 Å². The van der Waals surface area contributed by atoms with Crippen LogP contribution in [-0.4, -0.2) is 5.48 Å². The zero-order chi connectivity index (χ0) is 2.00. The number of hydrogen-bond acceptors (Lipinski definition) is 2. The maximum atomic E-state index is 6.25.